The van der Waals surface area contributed by atoms with E-state index in [9.17, 15) is 9.59 Å². The fourth-order valence-electron chi connectivity index (χ4n) is 4.03. The van der Waals surface area contributed by atoms with E-state index < -0.39 is 5.92 Å². The lowest BCUT2D eigenvalue weighted by molar-refractivity contribution is 0.0785. The molecule has 1 fully saturated rings. The molecule has 2 aliphatic rings. The first kappa shape index (κ1) is 13.4. The molecule has 2 aromatic rings. The second-order valence-corrected chi connectivity index (χ2v) is 6.31. The van der Waals surface area contributed by atoms with E-state index in [-0.39, 0.29) is 17.5 Å². The van der Waals surface area contributed by atoms with Gasteiger partial charge in [-0.3, -0.25) is 14.6 Å². The Morgan fingerprint density at radius 1 is 0.909 bits per heavy atom. The zero-order chi connectivity index (χ0) is 15.1. The molecule has 1 heterocycles. The van der Waals surface area contributed by atoms with Crippen molar-refractivity contribution in [1.82, 2.24) is 4.98 Å². The first-order chi connectivity index (χ1) is 10.8. The van der Waals surface area contributed by atoms with Crippen molar-refractivity contribution < 1.29 is 9.59 Å². The molecule has 3 heteroatoms. The molecule has 0 spiro atoms. The first-order valence-electron chi connectivity index (χ1n) is 7.83. The van der Waals surface area contributed by atoms with Crippen LogP contribution in [0.15, 0.2) is 48.8 Å². The number of ketones is 2. The van der Waals surface area contributed by atoms with Gasteiger partial charge in [0.1, 0.15) is 0 Å². The van der Waals surface area contributed by atoms with Crippen molar-refractivity contribution in [2.24, 2.45) is 11.8 Å². The summed E-state index contributed by atoms with van der Waals surface area (Å²) in [6.45, 7) is 0. The van der Waals surface area contributed by atoms with E-state index in [2.05, 4.69) is 11.1 Å². The van der Waals surface area contributed by atoms with Crippen LogP contribution in [0.1, 0.15) is 51.5 Å². The van der Waals surface area contributed by atoms with Crippen molar-refractivity contribution in [2.75, 3.05) is 0 Å². The zero-order valence-corrected chi connectivity index (χ0v) is 12.2. The van der Waals surface area contributed by atoms with Crippen LogP contribution in [0.5, 0.6) is 0 Å². The largest absolute Gasteiger partial charge is 0.293 e. The lowest BCUT2D eigenvalue weighted by atomic mass is 9.85. The van der Waals surface area contributed by atoms with Crippen molar-refractivity contribution in [2.45, 2.75) is 25.2 Å². The lowest BCUT2D eigenvalue weighted by Gasteiger charge is -2.16. The van der Waals surface area contributed by atoms with Crippen LogP contribution in [0.3, 0.4) is 0 Å². The lowest BCUT2D eigenvalue weighted by Crippen LogP contribution is -2.23. The Morgan fingerprint density at radius 3 is 2.27 bits per heavy atom. The van der Waals surface area contributed by atoms with Crippen LogP contribution in [0, 0.1) is 11.8 Å². The summed E-state index contributed by atoms with van der Waals surface area (Å²) >= 11 is 0. The van der Waals surface area contributed by atoms with Gasteiger partial charge in [0.05, 0.1) is 5.92 Å². The number of fused-ring (bicyclic) bond motifs is 1. The Bertz CT molecular complexity index is 703. The number of carbonyl (C=O) groups is 2. The van der Waals surface area contributed by atoms with Gasteiger partial charge in [0.2, 0.25) is 0 Å². The van der Waals surface area contributed by atoms with Crippen molar-refractivity contribution in [3.05, 3.63) is 65.5 Å². The minimum Gasteiger partial charge on any atom is -0.293 e. The number of hydrogen-bond acceptors (Lipinski definition) is 3. The Balaban J connectivity index is 1.58. The van der Waals surface area contributed by atoms with Gasteiger partial charge in [-0.05, 0) is 42.7 Å². The molecule has 3 nitrogen and oxygen atoms in total. The molecule has 22 heavy (non-hydrogen) atoms. The molecule has 0 bridgehead atoms. The fraction of sp³-hybridized carbons (Fsp3) is 0.316. The molecule has 0 aliphatic heterocycles. The van der Waals surface area contributed by atoms with Crippen LogP contribution in [0.25, 0.3) is 0 Å². The van der Waals surface area contributed by atoms with Gasteiger partial charge in [-0.2, -0.15) is 0 Å². The van der Waals surface area contributed by atoms with Gasteiger partial charge in [-0.1, -0.05) is 30.3 Å². The van der Waals surface area contributed by atoms with Crippen molar-refractivity contribution in [1.29, 1.82) is 0 Å². The summed E-state index contributed by atoms with van der Waals surface area (Å²) in [4.78, 5) is 29.4. The van der Waals surface area contributed by atoms with Gasteiger partial charge in [0.15, 0.2) is 11.6 Å². The maximum absolute atomic E-state index is 12.6. The van der Waals surface area contributed by atoms with Gasteiger partial charge in [-0.15, -0.1) is 0 Å². The normalized spacial score (nSPS) is 24.7. The van der Waals surface area contributed by atoms with Crippen LogP contribution in [-0.4, -0.2) is 16.6 Å². The van der Waals surface area contributed by atoms with Crippen LogP contribution in [-0.2, 0) is 0 Å². The summed E-state index contributed by atoms with van der Waals surface area (Å²) in [7, 11) is 0. The van der Waals surface area contributed by atoms with Crippen molar-refractivity contribution in [3.8, 4) is 0 Å². The zero-order valence-electron chi connectivity index (χ0n) is 12.2. The van der Waals surface area contributed by atoms with E-state index >= 15 is 0 Å². The number of hydrogen-bond donors (Lipinski definition) is 0. The average Bonchev–Trinajstić information content (AvgIpc) is 3.13. The molecule has 0 radical (unpaired) electrons. The summed E-state index contributed by atoms with van der Waals surface area (Å²) in [5.41, 5.74) is 2.45. The number of Topliss-reactive ketones (excluding diaryl/α,β-unsaturated/α-hetero) is 2. The highest BCUT2D eigenvalue weighted by Gasteiger charge is 2.45. The third-order valence-corrected chi connectivity index (χ3v) is 5.12. The number of pyridine rings is 1. The molecular formula is C19H17NO2. The Kier molecular flexibility index (Phi) is 3.14. The Hall–Kier alpha value is -2.29. The van der Waals surface area contributed by atoms with Crippen LogP contribution in [0.4, 0.5) is 0 Å². The summed E-state index contributed by atoms with van der Waals surface area (Å²) in [5, 5.41) is 0. The van der Waals surface area contributed by atoms with E-state index in [0.29, 0.717) is 17.0 Å². The number of aromatic nitrogens is 1. The van der Waals surface area contributed by atoms with Gasteiger partial charge >= 0.3 is 0 Å². The summed E-state index contributed by atoms with van der Waals surface area (Å²) < 4.78 is 0. The van der Waals surface area contributed by atoms with E-state index in [4.69, 9.17) is 0 Å². The molecule has 1 aromatic carbocycles. The Labute approximate surface area is 129 Å². The molecule has 110 valence electrons. The summed E-state index contributed by atoms with van der Waals surface area (Å²) in [6.07, 6.45) is 6.55. The van der Waals surface area contributed by atoms with E-state index in [0.717, 1.165) is 19.3 Å². The number of rotatable bonds is 2. The average molecular weight is 291 g/mol. The molecule has 0 amide bonds. The topological polar surface area (TPSA) is 47.0 Å². The Morgan fingerprint density at radius 2 is 1.64 bits per heavy atom. The highest BCUT2D eigenvalue weighted by atomic mass is 16.2. The highest BCUT2D eigenvalue weighted by molar-refractivity contribution is 6.26. The summed E-state index contributed by atoms with van der Waals surface area (Å²) in [6, 6.07) is 11.3. The third-order valence-electron chi connectivity index (χ3n) is 5.12. The predicted octanol–water partition coefficient (Wildman–Crippen LogP) is 3.66. The predicted molar refractivity (Wildman–Crippen MR) is 82.9 cm³/mol. The maximum Gasteiger partial charge on any atom is 0.174 e. The SMILES string of the molecule is O=C1c2ccccc2C(=O)C1[C@@H]1CC[C@@H](c2cccnc2)C1. The molecule has 4 rings (SSSR count). The highest BCUT2D eigenvalue weighted by Crippen LogP contribution is 2.45. The molecule has 0 unspecified atom stereocenters. The molecule has 0 N–H and O–H groups in total. The van der Waals surface area contributed by atoms with E-state index in [1.54, 1.807) is 18.3 Å². The molecule has 2 aliphatic carbocycles. The van der Waals surface area contributed by atoms with E-state index in [1.165, 1.54) is 5.56 Å². The molecule has 1 aromatic heterocycles. The molecule has 1 saturated carbocycles. The molecule has 2 atom stereocenters. The number of carbonyl (C=O) groups excluding carboxylic acids is 2. The monoisotopic (exact) mass is 291 g/mol. The third kappa shape index (κ3) is 2.00. The number of benzene rings is 1. The van der Waals surface area contributed by atoms with Gasteiger partial charge in [-0.25, -0.2) is 0 Å². The van der Waals surface area contributed by atoms with Crippen LogP contribution < -0.4 is 0 Å². The second kappa shape index (κ2) is 5.16. The second-order valence-electron chi connectivity index (χ2n) is 6.31. The molecular weight excluding hydrogens is 274 g/mol. The maximum atomic E-state index is 12.6. The van der Waals surface area contributed by atoms with E-state index in [1.807, 2.05) is 24.4 Å². The summed E-state index contributed by atoms with van der Waals surface area (Å²) in [5.74, 6) is 0.176. The standard InChI is InChI=1S/C19H17NO2/c21-18-15-5-1-2-6-16(15)19(22)17(18)13-8-7-12(10-13)14-4-3-9-20-11-14/h1-6,9,11-13,17H,7-8,10H2/t12-,13-/m1/s1. The van der Waals surface area contributed by atoms with Gasteiger partial charge in [0, 0.05) is 23.5 Å². The van der Waals surface area contributed by atoms with Crippen LogP contribution >= 0.6 is 0 Å². The minimum absolute atomic E-state index is 0.0254. The van der Waals surface area contributed by atoms with Gasteiger partial charge < -0.3 is 0 Å². The first-order valence-corrected chi connectivity index (χ1v) is 7.83. The quantitative estimate of drug-likeness (QED) is 0.793. The van der Waals surface area contributed by atoms with Crippen molar-refractivity contribution >= 4 is 11.6 Å². The fourth-order valence-corrected chi connectivity index (χ4v) is 4.03. The minimum atomic E-state index is -0.459. The van der Waals surface area contributed by atoms with Crippen molar-refractivity contribution in [3.63, 3.8) is 0 Å². The van der Waals surface area contributed by atoms with Gasteiger partial charge in [0.25, 0.3) is 0 Å². The molecule has 0 saturated heterocycles. The number of nitrogens with zero attached hydrogens (tertiary/aromatic N) is 1. The van der Waals surface area contributed by atoms with Crippen LogP contribution in [0.2, 0.25) is 0 Å². The smallest absolute Gasteiger partial charge is 0.174 e.